The van der Waals surface area contributed by atoms with Crippen molar-refractivity contribution in [2.75, 3.05) is 20.1 Å². The Morgan fingerprint density at radius 2 is 1.94 bits per heavy atom. The summed E-state index contributed by atoms with van der Waals surface area (Å²) in [5.74, 6) is 0. The molecule has 1 unspecified atom stereocenters. The molecule has 1 N–H and O–H groups in total. The van der Waals surface area contributed by atoms with Crippen LogP contribution >= 0.6 is 0 Å². The number of benzene rings is 1. The highest BCUT2D eigenvalue weighted by Gasteiger charge is 2.28. The van der Waals surface area contributed by atoms with E-state index in [-0.39, 0.29) is 0 Å². The normalized spacial score (nSPS) is 18.4. The van der Waals surface area contributed by atoms with Crippen LogP contribution < -0.4 is 5.32 Å². The van der Waals surface area contributed by atoms with Gasteiger partial charge in [0.05, 0.1) is 0 Å². The van der Waals surface area contributed by atoms with Crippen molar-refractivity contribution >= 4 is 0 Å². The third-order valence-corrected chi connectivity index (χ3v) is 4.45. The van der Waals surface area contributed by atoms with E-state index in [0.717, 1.165) is 13.1 Å². The molecule has 18 heavy (non-hydrogen) atoms. The van der Waals surface area contributed by atoms with Crippen LogP contribution in [-0.2, 0) is 13.0 Å². The van der Waals surface area contributed by atoms with Gasteiger partial charge < -0.3 is 5.32 Å². The average molecular weight is 246 g/mol. The number of nitrogens with zero attached hydrogens (tertiary/aromatic N) is 1. The summed E-state index contributed by atoms with van der Waals surface area (Å²) in [7, 11) is 2.05. The molecule has 0 fully saturated rings. The molecule has 1 heterocycles. The number of fused-ring (bicyclic) bond motifs is 1. The predicted molar refractivity (Wildman–Crippen MR) is 77.7 cm³/mol. The first-order valence-electron chi connectivity index (χ1n) is 6.99. The van der Waals surface area contributed by atoms with Gasteiger partial charge in [-0.05, 0) is 36.9 Å². The predicted octanol–water partition coefficient (Wildman–Crippen LogP) is 2.68. The van der Waals surface area contributed by atoms with Crippen LogP contribution in [0.2, 0.25) is 0 Å². The average Bonchev–Trinajstić information content (AvgIpc) is 2.37. The lowest BCUT2D eigenvalue weighted by Crippen LogP contribution is -2.46. The standard InChI is InChI=1S/C16H26N2/c1-13(17-4)16(2,3)12-18-10-9-14-7-5-6-8-15(14)11-18/h5-8,13,17H,9-12H2,1-4H3. The molecule has 2 nitrogen and oxygen atoms in total. The van der Waals surface area contributed by atoms with Crippen molar-refractivity contribution in [2.24, 2.45) is 5.41 Å². The molecule has 1 aromatic rings. The maximum absolute atomic E-state index is 3.39. The molecule has 0 saturated carbocycles. The van der Waals surface area contributed by atoms with Gasteiger partial charge in [-0.25, -0.2) is 0 Å². The van der Waals surface area contributed by atoms with Gasteiger partial charge >= 0.3 is 0 Å². The number of hydrogen-bond acceptors (Lipinski definition) is 2. The first-order valence-corrected chi connectivity index (χ1v) is 6.99. The van der Waals surface area contributed by atoms with E-state index in [9.17, 15) is 0 Å². The molecular formula is C16H26N2. The van der Waals surface area contributed by atoms with Gasteiger partial charge in [0.1, 0.15) is 0 Å². The minimum Gasteiger partial charge on any atom is -0.317 e. The largest absolute Gasteiger partial charge is 0.317 e. The van der Waals surface area contributed by atoms with Crippen LogP contribution in [0.4, 0.5) is 0 Å². The summed E-state index contributed by atoms with van der Waals surface area (Å²) in [6.45, 7) is 10.4. The monoisotopic (exact) mass is 246 g/mol. The van der Waals surface area contributed by atoms with Crippen molar-refractivity contribution in [1.29, 1.82) is 0 Å². The second kappa shape index (κ2) is 5.41. The van der Waals surface area contributed by atoms with E-state index in [1.807, 2.05) is 0 Å². The molecule has 100 valence electrons. The maximum atomic E-state index is 3.39. The molecule has 0 aliphatic carbocycles. The lowest BCUT2D eigenvalue weighted by molar-refractivity contribution is 0.135. The minimum absolute atomic E-state index is 0.307. The summed E-state index contributed by atoms with van der Waals surface area (Å²) in [5.41, 5.74) is 3.35. The highest BCUT2D eigenvalue weighted by molar-refractivity contribution is 5.29. The third kappa shape index (κ3) is 2.93. The summed E-state index contributed by atoms with van der Waals surface area (Å²) in [4.78, 5) is 2.59. The molecule has 1 atom stereocenters. The van der Waals surface area contributed by atoms with E-state index >= 15 is 0 Å². The third-order valence-electron chi connectivity index (χ3n) is 4.45. The molecule has 0 radical (unpaired) electrons. The van der Waals surface area contributed by atoms with E-state index in [2.05, 4.69) is 62.3 Å². The zero-order chi connectivity index (χ0) is 13.2. The highest BCUT2D eigenvalue weighted by Crippen LogP contribution is 2.26. The van der Waals surface area contributed by atoms with E-state index < -0.39 is 0 Å². The lowest BCUT2D eigenvalue weighted by atomic mass is 9.84. The summed E-state index contributed by atoms with van der Waals surface area (Å²) in [6, 6.07) is 9.39. The van der Waals surface area contributed by atoms with E-state index in [4.69, 9.17) is 0 Å². The van der Waals surface area contributed by atoms with Crippen molar-refractivity contribution < 1.29 is 0 Å². The molecule has 0 bridgehead atoms. The van der Waals surface area contributed by atoms with Gasteiger partial charge in [0.2, 0.25) is 0 Å². The number of hydrogen-bond donors (Lipinski definition) is 1. The molecular weight excluding hydrogens is 220 g/mol. The Morgan fingerprint density at radius 3 is 2.61 bits per heavy atom. The Bertz CT molecular complexity index is 398. The van der Waals surface area contributed by atoms with Gasteiger partial charge in [-0.3, -0.25) is 4.90 Å². The van der Waals surface area contributed by atoms with Crippen LogP contribution in [0.15, 0.2) is 24.3 Å². The molecule has 2 heteroatoms. The first kappa shape index (κ1) is 13.6. The molecule has 0 aromatic heterocycles. The fraction of sp³-hybridized carbons (Fsp3) is 0.625. The Labute approximate surface area is 111 Å². The summed E-state index contributed by atoms with van der Waals surface area (Å²) in [5, 5.41) is 3.39. The second-order valence-corrected chi connectivity index (χ2v) is 6.23. The van der Waals surface area contributed by atoms with Crippen molar-refractivity contribution in [2.45, 2.75) is 39.8 Å². The van der Waals surface area contributed by atoms with Crippen molar-refractivity contribution in [3.05, 3.63) is 35.4 Å². The van der Waals surface area contributed by atoms with Gasteiger partial charge in [-0.15, -0.1) is 0 Å². The van der Waals surface area contributed by atoms with Gasteiger partial charge in [0, 0.05) is 25.7 Å². The fourth-order valence-corrected chi connectivity index (χ4v) is 2.79. The molecule has 0 amide bonds. The van der Waals surface area contributed by atoms with Gasteiger partial charge in [-0.2, -0.15) is 0 Å². The van der Waals surface area contributed by atoms with Crippen LogP contribution in [0, 0.1) is 5.41 Å². The second-order valence-electron chi connectivity index (χ2n) is 6.23. The Morgan fingerprint density at radius 1 is 1.28 bits per heavy atom. The van der Waals surface area contributed by atoms with Crippen LogP contribution in [0.3, 0.4) is 0 Å². The zero-order valence-electron chi connectivity index (χ0n) is 12.2. The molecule has 1 aliphatic heterocycles. The molecule has 1 aliphatic rings. The van der Waals surface area contributed by atoms with E-state index in [0.29, 0.717) is 11.5 Å². The maximum Gasteiger partial charge on any atom is 0.0236 e. The van der Waals surface area contributed by atoms with E-state index in [1.165, 1.54) is 24.1 Å². The molecule has 1 aromatic carbocycles. The summed E-state index contributed by atoms with van der Waals surface area (Å²) in [6.07, 6.45) is 1.19. The highest BCUT2D eigenvalue weighted by atomic mass is 15.1. The number of rotatable bonds is 4. The molecule has 2 rings (SSSR count). The lowest BCUT2D eigenvalue weighted by Gasteiger charge is -2.39. The van der Waals surface area contributed by atoms with Gasteiger partial charge in [0.25, 0.3) is 0 Å². The zero-order valence-corrected chi connectivity index (χ0v) is 12.2. The fourth-order valence-electron chi connectivity index (χ4n) is 2.79. The smallest absolute Gasteiger partial charge is 0.0236 e. The quantitative estimate of drug-likeness (QED) is 0.878. The summed E-state index contributed by atoms with van der Waals surface area (Å²) >= 11 is 0. The van der Waals surface area contributed by atoms with Crippen molar-refractivity contribution in [3.8, 4) is 0 Å². The van der Waals surface area contributed by atoms with Crippen LogP contribution in [0.25, 0.3) is 0 Å². The van der Waals surface area contributed by atoms with E-state index in [1.54, 1.807) is 0 Å². The van der Waals surface area contributed by atoms with Gasteiger partial charge in [-0.1, -0.05) is 38.1 Å². The van der Waals surface area contributed by atoms with Crippen molar-refractivity contribution in [1.82, 2.24) is 10.2 Å². The van der Waals surface area contributed by atoms with Gasteiger partial charge in [0.15, 0.2) is 0 Å². The Balaban J connectivity index is 2.02. The number of nitrogens with one attached hydrogen (secondary N) is 1. The molecule has 0 saturated heterocycles. The van der Waals surface area contributed by atoms with Crippen molar-refractivity contribution in [3.63, 3.8) is 0 Å². The SMILES string of the molecule is CNC(C)C(C)(C)CN1CCc2ccccc2C1. The Hall–Kier alpha value is -0.860. The first-order chi connectivity index (χ1) is 8.53. The van der Waals surface area contributed by atoms with Crippen LogP contribution in [-0.4, -0.2) is 31.1 Å². The Kier molecular flexibility index (Phi) is 4.08. The molecule has 0 spiro atoms. The topological polar surface area (TPSA) is 15.3 Å². The minimum atomic E-state index is 0.307. The summed E-state index contributed by atoms with van der Waals surface area (Å²) < 4.78 is 0. The van der Waals surface area contributed by atoms with Crippen LogP contribution in [0.1, 0.15) is 31.9 Å². The van der Waals surface area contributed by atoms with Crippen LogP contribution in [0.5, 0.6) is 0 Å².